The highest BCUT2D eigenvalue weighted by Crippen LogP contribution is 2.34. The Morgan fingerprint density at radius 3 is 2.71 bits per heavy atom. The van der Waals surface area contributed by atoms with Crippen molar-refractivity contribution in [1.29, 1.82) is 0 Å². The molecule has 8 heteroatoms. The van der Waals surface area contributed by atoms with Gasteiger partial charge in [0.2, 0.25) is 0 Å². The highest BCUT2D eigenvalue weighted by molar-refractivity contribution is 9.10. The second-order valence-electron chi connectivity index (χ2n) is 7.73. The summed E-state index contributed by atoms with van der Waals surface area (Å²) in [6.45, 7) is 5.94. The Morgan fingerprint density at radius 1 is 1.32 bits per heavy atom. The van der Waals surface area contributed by atoms with Crippen molar-refractivity contribution in [3.63, 3.8) is 0 Å². The maximum absolute atomic E-state index is 13.3. The van der Waals surface area contributed by atoms with E-state index >= 15 is 0 Å². The third-order valence-corrected chi connectivity index (χ3v) is 5.07. The first-order valence-corrected chi connectivity index (χ1v) is 10.5. The summed E-state index contributed by atoms with van der Waals surface area (Å²) in [5.74, 6) is 3.73. The lowest BCUT2D eigenvalue weighted by Crippen LogP contribution is -2.29. The lowest BCUT2D eigenvalue weighted by Gasteiger charge is -2.21. The Kier molecular flexibility index (Phi) is 6.73. The molecule has 0 aliphatic heterocycles. The van der Waals surface area contributed by atoms with Crippen LogP contribution in [0.5, 0.6) is 11.5 Å². The van der Waals surface area contributed by atoms with Crippen LogP contribution >= 0.6 is 27.5 Å². The third-order valence-electron chi connectivity index (χ3n) is 4.36. The van der Waals surface area contributed by atoms with Crippen molar-refractivity contribution in [2.45, 2.75) is 26.2 Å². The van der Waals surface area contributed by atoms with Gasteiger partial charge in [0.25, 0.3) is 5.56 Å². The number of ether oxygens (including phenoxy) is 2. The minimum absolute atomic E-state index is 0.0393. The molecule has 0 aliphatic carbocycles. The fourth-order valence-electron chi connectivity index (χ4n) is 2.97. The largest absolute Gasteiger partial charge is 0.493 e. The summed E-state index contributed by atoms with van der Waals surface area (Å²) in [4.78, 5) is 18.0. The molecule has 0 atom stereocenters. The van der Waals surface area contributed by atoms with Crippen molar-refractivity contribution in [2.24, 2.45) is 5.10 Å². The normalized spacial score (nSPS) is 11.6. The summed E-state index contributed by atoms with van der Waals surface area (Å²) in [5, 5.41) is 5.34. The Labute approximate surface area is 194 Å². The standard InChI is InChI=1S/C23H21BrClN3O3/c1-6-9-31-20-14(10-16(25)12-19(20)30-5)13-26-28-21(29)17-11-15(24)7-8-18(17)27-22(28)23(2,3)4/h1,7-8,10-13H,9H2,2-5H3. The zero-order valence-electron chi connectivity index (χ0n) is 17.6. The Hall–Kier alpha value is -2.82. The van der Waals surface area contributed by atoms with Crippen molar-refractivity contribution >= 4 is 44.6 Å². The van der Waals surface area contributed by atoms with Gasteiger partial charge in [-0.2, -0.15) is 9.78 Å². The first kappa shape index (κ1) is 22.9. The maximum atomic E-state index is 13.3. The number of hydrogen-bond donors (Lipinski definition) is 0. The molecule has 0 bridgehead atoms. The Morgan fingerprint density at radius 2 is 2.06 bits per heavy atom. The van der Waals surface area contributed by atoms with Crippen LogP contribution < -0.4 is 15.0 Å². The van der Waals surface area contributed by atoms with E-state index in [0.717, 1.165) is 4.47 Å². The van der Waals surface area contributed by atoms with Crippen molar-refractivity contribution in [3.8, 4) is 23.8 Å². The average Bonchev–Trinajstić information content (AvgIpc) is 2.71. The molecular formula is C23H21BrClN3O3. The van der Waals surface area contributed by atoms with Crippen LogP contribution in [0.25, 0.3) is 10.9 Å². The summed E-state index contributed by atoms with van der Waals surface area (Å²) in [6.07, 6.45) is 6.82. The summed E-state index contributed by atoms with van der Waals surface area (Å²) in [5.41, 5.74) is 0.396. The fourth-order valence-corrected chi connectivity index (χ4v) is 3.54. The molecule has 0 aliphatic rings. The lowest BCUT2D eigenvalue weighted by atomic mass is 9.95. The molecule has 0 spiro atoms. The molecule has 1 heterocycles. The van der Waals surface area contributed by atoms with Gasteiger partial charge in [-0.1, -0.05) is 54.2 Å². The smallest absolute Gasteiger partial charge is 0.282 e. The first-order chi connectivity index (χ1) is 14.7. The van der Waals surface area contributed by atoms with Crippen LogP contribution in [0.2, 0.25) is 5.02 Å². The quantitative estimate of drug-likeness (QED) is 0.363. The van der Waals surface area contributed by atoms with Crippen molar-refractivity contribution < 1.29 is 9.47 Å². The van der Waals surface area contributed by atoms with Gasteiger partial charge in [-0.15, -0.1) is 6.42 Å². The maximum Gasteiger partial charge on any atom is 0.282 e. The summed E-state index contributed by atoms with van der Waals surface area (Å²) >= 11 is 9.63. The van der Waals surface area contributed by atoms with Crippen LogP contribution in [0.4, 0.5) is 0 Å². The molecule has 0 unspecified atom stereocenters. The van der Waals surface area contributed by atoms with Crippen molar-refractivity contribution in [2.75, 3.05) is 13.7 Å². The van der Waals surface area contributed by atoms with Gasteiger partial charge in [0.1, 0.15) is 12.4 Å². The molecule has 0 saturated carbocycles. The van der Waals surface area contributed by atoms with Gasteiger partial charge in [-0.25, -0.2) is 4.98 Å². The number of aromatic nitrogens is 2. The molecule has 1 aromatic heterocycles. The van der Waals surface area contributed by atoms with E-state index in [1.54, 1.807) is 24.3 Å². The van der Waals surface area contributed by atoms with Crippen LogP contribution in [0.3, 0.4) is 0 Å². The van der Waals surface area contributed by atoms with Crippen LogP contribution in [0, 0.1) is 12.3 Å². The number of rotatable bonds is 5. The van der Waals surface area contributed by atoms with Crippen LogP contribution in [-0.2, 0) is 5.41 Å². The molecule has 0 saturated heterocycles. The molecule has 3 rings (SSSR count). The second-order valence-corrected chi connectivity index (χ2v) is 9.08. The SMILES string of the molecule is C#CCOc1c(C=Nn2c(C(C)(C)C)nc3ccc(Br)cc3c2=O)cc(Cl)cc1OC. The number of hydrogen-bond acceptors (Lipinski definition) is 5. The van der Waals surface area contributed by atoms with E-state index in [0.29, 0.717) is 38.8 Å². The van der Waals surface area contributed by atoms with Gasteiger partial charge in [-0.3, -0.25) is 4.79 Å². The van der Waals surface area contributed by atoms with Crippen LogP contribution in [0.1, 0.15) is 32.2 Å². The van der Waals surface area contributed by atoms with Crippen LogP contribution in [0.15, 0.2) is 44.7 Å². The molecule has 31 heavy (non-hydrogen) atoms. The molecule has 0 fully saturated rings. The van der Waals surface area contributed by atoms with Gasteiger partial charge < -0.3 is 9.47 Å². The zero-order valence-corrected chi connectivity index (χ0v) is 19.9. The number of terminal acetylenes is 1. The topological polar surface area (TPSA) is 65.7 Å². The van der Waals surface area contributed by atoms with Crippen molar-refractivity contribution in [1.82, 2.24) is 9.66 Å². The van der Waals surface area contributed by atoms with E-state index in [4.69, 9.17) is 32.5 Å². The Balaban J connectivity index is 2.24. The molecule has 0 N–H and O–H groups in total. The van der Waals surface area contributed by atoms with E-state index in [9.17, 15) is 4.79 Å². The molecular weight excluding hydrogens is 482 g/mol. The number of methoxy groups -OCH3 is 1. The van der Waals surface area contributed by atoms with Gasteiger partial charge >= 0.3 is 0 Å². The van der Waals surface area contributed by atoms with E-state index in [1.165, 1.54) is 18.0 Å². The molecule has 3 aromatic rings. The molecule has 0 amide bonds. The summed E-state index contributed by atoms with van der Waals surface area (Å²) < 4.78 is 13.1. The van der Waals surface area contributed by atoms with E-state index < -0.39 is 5.41 Å². The second kappa shape index (κ2) is 9.13. The minimum atomic E-state index is -0.438. The molecule has 2 aromatic carbocycles. The molecule has 160 valence electrons. The van der Waals surface area contributed by atoms with Gasteiger partial charge in [-0.05, 0) is 24.3 Å². The van der Waals surface area contributed by atoms with Gasteiger partial charge in [0, 0.05) is 26.5 Å². The number of fused-ring (bicyclic) bond motifs is 1. The van der Waals surface area contributed by atoms with Crippen LogP contribution in [-0.4, -0.2) is 29.6 Å². The summed E-state index contributed by atoms with van der Waals surface area (Å²) in [6, 6.07) is 8.66. The molecule has 6 nitrogen and oxygen atoms in total. The Bertz CT molecular complexity index is 1270. The summed E-state index contributed by atoms with van der Waals surface area (Å²) in [7, 11) is 1.50. The van der Waals surface area contributed by atoms with E-state index in [2.05, 4.69) is 27.0 Å². The van der Waals surface area contributed by atoms with E-state index in [1.807, 2.05) is 26.8 Å². The predicted octanol–water partition coefficient (Wildman–Crippen LogP) is 5.01. The lowest BCUT2D eigenvalue weighted by molar-refractivity contribution is 0.330. The average molecular weight is 503 g/mol. The highest BCUT2D eigenvalue weighted by atomic mass is 79.9. The fraction of sp³-hybridized carbons (Fsp3) is 0.261. The third kappa shape index (κ3) is 4.92. The predicted molar refractivity (Wildman–Crippen MR) is 128 cm³/mol. The van der Waals surface area contributed by atoms with E-state index in [-0.39, 0.29) is 12.2 Å². The number of halogens is 2. The van der Waals surface area contributed by atoms with Crippen molar-refractivity contribution in [3.05, 3.63) is 61.6 Å². The molecule has 0 radical (unpaired) electrons. The number of nitrogens with zero attached hydrogens (tertiary/aromatic N) is 3. The zero-order chi connectivity index (χ0) is 22.8. The minimum Gasteiger partial charge on any atom is -0.493 e. The van der Waals surface area contributed by atoms with Gasteiger partial charge in [0.15, 0.2) is 11.5 Å². The number of benzene rings is 2. The monoisotopic (exact) mass is 501 g/mol. The highest BCUT2D eigenvalue weighted by Gasteiger charge is 2.23. The van der Waals surface area contributed by atoms with Gasteiger partial charge in [0.05, 0.1) is 24.2 Å². The first-order valence-electron chi connectivity index (χ1n) is 9.36.